The van der Waals surface area contributed by atoms with Gasteiger partial charge in [-0.2, -0.15) is 4.98 Å². The normalized spacial score (nSPS) is 22.0. The molecule has 162 valence electrons. The van der Waals surface area contributed by atoms with Gasteiger partial charge < -0.3 is 14.3 Å². The van der Waals surface area contributed by atoms with E-state index in [-0.39, 0.29) is 0 Å². The fraction of sp³-hybridized carbons (Fsp3) is 0.333. The zero-order valence-corrected chi connectivity index (χ0v) is 18.5. The molecular formula is C27H27N3O2. The lowest BCUT2D eigenvalue weighted by Crippen LogP contribution is -2.41. The van der Waals surface area contributed by atoms with Gasteiger partial charge in [-0.1, -0.05) is 30.3 Å². The number of rotatable bonds is 5. The Morgan fingerprint density at radius 1 is 1.00 bits per heavy atom. The van der Waals surface area contributed by atoms with E-state index in [1.807, 2.05) is 12.1 Å². The predicted octanol–water partition coefficient (Wildman–Crippen LogP) is 6.35. The third-order valence-corrected chi connectivity index (χ3v) is 7.02. The average Bonchev–Trinajstić information content (AvgIpc) is 3.53. The molecule has 2 aliphatic carbocycles. The number of aryl methyl sites for hydroxylation is 2. The smallest absolute Gasteiger partial charge is 0.258 e. The maximum atomic E-state index is 5.62. The van der Waals surface area contributed by atoms with Crippen LogP contribution in [0.1, 0.15) is 48.9 Å². The number of nitrogens with zero attached hydrogens (tertiary/aromatic N) is 2. The van der Waals surface area contributed by atoms with Crippen LogP contribution in [0.15, 0.2) is 63.9 Å². The van der Waals surface area contributed by atoms with Gasteiger partial charge in [0.15, 0.2) is 0 Å². The lowest BCUT2D eigenvalue weighted by Gasteiger charge is -2.36. The van der Waals surface area contributed by atoms with Gasteiger partial charge in [0.2, 0.25) is 5.82 Å². The van der Waals surface area contributed by atoms with E-state index in [0.29, 0.717) is 23.8 Å². The minimum absolute atomic E-state index is 0.481. The number of nitrogens with one attached hydrogen (secondary N) is 1. The van der Waals surface area contributed by atoms with Crippen molar-refractivity contribution < 1.29 is 8.94 Å². The highest BCUT2D eigenvalue weighted by molar-refractivity contribution is 5.71. The second-order valence-corrected chi connectivity index (χ2v) is 9.41. The monoisotopic (exact) mass is 425 g/mol. The summed E-state index contributed by atoms with van der Waals surface area (Å²) in [5.74, 6) is 2.05. The van der Waals surface area contributed by atoms with Crippen LogP contribution in [-0.2, 0) is 6.42 Å². The Kier molecular flexibility index (Phi) is 4.72. The van der Waals surface area contributed by atoms with Gasteiger partial charge in [-0.25, -0.2) is 0 Å². The minimum Gasteiger partial charge on any atom is -0.472 e. The Bertz CT molecular complexity index is 1250. The fourth-order valence-corrected chi connectivity index (χ4v) is 5.25. The number of benzene rings is 2. The Morgan fingerprint density at radius 2 is 1.88 bits per heavy atom. The van der Waals surface area contributed by atoms with E-state index in [9.17, 15) is 0 Å². The first-order valence-electron chi connectivity index (χ1n) is 11.5. The number of aromatic nitrogens is 2. The molecule has 0 amide bonds. The van der Waals surface area contributed by atoms with Crippen molar-refractivity contribution in [1.29, 1.82) is 0 Å². The maximum Gasteiger partial charge on any atom is 0.258 e. The number of fused-ring (bicyclic) bond motifs is 1. The van der Waals surface area contributed by atoms with E-state index in [1.165, 1.54) is 30.4 Å². The van der Waals surface area contributed by atoms with Crippen LogP contribution in [0.5, 0.6) is 0 Å². The summed E-state index contributed by atoms with van der Waals surface area (Å²) >= 11 is 0. The maximum absolute atomic E-state index is 5.62. The predicted molar refractivity (Wildman–Crippen MR) is 124 cm³/mol. The van der Waals surface area contributed by atoms with Gasteiger partial charge in [0, 0.05) is 28.8 Å². The summed E-state index contributed by atoms with van der Waals surface area (Å²) in [4.78, 5) is 4.70. The average molecular weight is 426 g/mol. The highest BCUT2D eigenvalue weighted by Crippen LogP contribution is 2.37. The van der Waals surface area contributed by atoms with E-state index >= 15 is 0 Å². The van der Waals surface area contributed by atoms with Crippen molar-refractivity contribution in [1.82, 2.24) is 15.5 Å². The summed E-state index contributed by atoms with van der Waals surface area (Å²) in [6.45, 7) is 4.42. The minimum atomic E-state index is 0.481. The molecule has 0 bridgehead atoms. The molecule has 32 heavy (non-hydrogen) atoms. The van der Waals surface area contributed by atoms with Gasteiger partial charge in [-0.15, -0.1) is 0 Å². The van der Waals surface area contributed by atoms with Crippen LogP contribution >= 0.6 is 0 Å². The highest BCUT2D eigenvalue weighted by Gasteiger charge is 2.31. The molecule has 0 saturated heterocycles. The van der Waals surface area contributed by atoms with Crippen LogP contribution in [0.3, 0.4) is 0 Å². The highest BCUT2D eigenvalue weighted by atomic mass is 16.5. The molecule has 1 unspecified atom stereocenters. The largest absolute Gasteiger partial charge is 0.472 e. The quantitative estimate of drug-likeness (QED) is 0.404. The molecule has 5 heteroatoms. The third kappa shape index (κ3) is 3.47. The first kappa shape index (κ1) is 19.5. The zero-order valence-electron chi connectivity index (χ0n) is 18.5. The van der Waals surface area contributed by atoms with Crippen molar-refractivity contribution >= 4 is 0 Å². The molecule has 0 aliphatic heterocycles. The zero-order chi connectivity index (χ0) is 21.7. The topological polar surface area (TPSA) is 64.1 Å². The van der Waals surface area contributed by atoms with Crippen LogP contribution in [-0.4, -0.2) is 16.2 Å². The molecule has 1 fully saturated rings. The van der Waals surface area contributed by atoms with E-state index in [0.717, 1.165) is 40.2 Å². The fourth-order valence-electron chi connectivity index (χ4n) is 5.25. The first-order chi connectivity index (χ1) is 15.6. The van der Waals surface area contributed by atoms with Crippen LogP contribution < -0.4 is 5.32 Å². The Morgan fingerprint density at radius 3 is 2.66 bits per heavy atom. The molecular weight excluding hydrogens is 398 g/mol. The van der Waals surface area contributed by atoms with E-state index < -0.39 is 0 Å². The Balaban J connectivity index is 1.22. The number of hydrogen-bond donors (Lipinski definition) is 1. The van der Waals surface area contributed by atoms with E-state index in [1.54, 1.807) is 12.5 Å². The molecule has 2 aromatic carbocycles. The summed E-state index contributed by atoms with van der Waals surface area (Å²) in [5, 5.41) is 8.12. The second-order valence-electron chi connectivity index (χ2n) is 9.41. The van der Waals surface area contributed by atoms with E-state index in [4.69, 9.17) is 13.9 Å². The Hall–Kier alpha value is -3.18. The van der Waals surface area contributed by atoms with Crippen LogP contribution in [0.4, 0.5) is 0 Å². The summed E-state index contributed by atoms with van der Waals surface area (Å²) in [7, 11) is 0. The van der Waals surface area contributed by atoms with Crippen molar-refractivity contribution in [2.75, 3.05) is 0 Å². The number of hydrogen-bond acceptors (Lipinski definition) is 5. The van der Waals surface area contributed by atoms with Gasteiger partial charge >= 0.3 is 0 Å². The van der Waals surface area contributed by atoms with Crippen molar-refractivity contribution in [3.8, 4) is 34.0 Å². The van der Waals surface area contributed by atoms with Crippen LogP contribution in [0.25, 0.3) is 34.0 Å². The summed E-state index contributed by atoms with van der Waals surface area (Å²) in [6, 6.07) is 15.9. The van der Waals surface area contributed by atoms with Gasteiger partial charge in [0.25, 0.3) is 5.89 Å². The van der Waals surface area contributed by atoms with Crippen molar-refractivity contribution in [3.63, 3.8) is 0 Å². The van der Waals surface area contributed by atoms with Crippen molar-refractivity contribution in [2.45, 2.75) is 51.6 Å². The van der Waals surface area contributed by atoms with Gasteiger partial charge in [-0.05, 0) is 85.0 Å². The molecule has 1 atom stereocenters. The molecule has 0 spiro atoms. The van der Waals surface area contributed by atoms with Crippen molar-refractivity contribution in [3.05, 3.63) is 71.7 Å². The summed E-state index contributed by atoms with van der Waals surface area (Å²) in [6.07, 6.45) is 8.32. The van der Waals surface area contributed by atoms with Gasteiger partial charge in [-0.3, -0.25) is 0 Å². The van der Waals surface area contributed by atoms with Gasteiger partial charge in [0.05, 0.1) is 12.5 Å². The third-order valence-electron chi connectivity index (χ3n) is 7.02. The first-order valence-corrected chi connectivity index (χ1v) is 11.5. The van der Waals surface area contributed by atoms with Crippen LogP contribution in [0.2, 0.25) is 0 Å². The standard InChI is InChI=1S/C27H27N3O2/c1-16-11-22(12-16)28-25-8-5-18-14-19(3-7-24(18)25)26-29-27(32-30-26)20-4-6-23(17(2)13-20)21-9-10-31-15-21/h3-4,6-7,9-10,13-16,22,25,28H,5,8,11-12H2,1-2H3/t16-,22-,25?. The second kappa shape index (κ2) is 7.75. The number of furan rings is 1. The lowest BCUT2D eigenvalue weighted by atomic mass is 9.81. The molecule has 5 nitrogen and oxygen atoms in total. The van der Waals surface area contributed by atoms with Gasteiger partial charge in [0.1, 0.15) is 0 Å². The molecule has 4 aromatic rings. The Labute approximate surface area is 187 Å². The van der Waals surface area contributed by atoms with Crippen LogP contribution in [0, 0.1) is 12.8 Å². The van der Waals surface area contributed by atoms with E-state index in [2.05, 4.69) is 54.7 Å². The SMILES string of the molecule is Cc1cc(-c2nc(-c3ccc4c(c3)CCC4N[C@H]3C[C@H](C)C3)no2)ccc1-c1ccoc1. The molecule has 2 heterocycles. The molecule has 0 radical (unpaired) electrons. The molecule has 1 N–H and O–H groups in total. The lowest BCUT2D eigenvalue weighted by molar-refractivity contribution is 0.222. The molecule has 6 rings (SSSR count). The molecule has 2 aliphatic rings. The molecule has 2 aromatic heterocycles. The summed E-state index contributed by atoms with van der Waals surface area (Å²) in [5.41, 5.74) is 8.12. The molecule has 1 saturated carbocycles. The summed E-state index contributed by atoms with van der Waals surface area (Å²) < 4.78 is 10.8. The van der Waals surface area contributed by atoms with Crippen molar-refractivity contribution in [2.24, 2.45) is 5.92 Å².